The molecule has 0 bridgehead atoms. The fraction of sp³-hybridized carbons (Fsp3) is 0. The lowest BCUT2D eigenvalue weighted by molar-refractivity contribution is 0.668. The second-order valence-corrected chi connectivity index (χ2v) is 14.9. The highest BCUT2D eigenvalue weighted by atomic mass is 16.3. The molecule has 0 aliphatic rings. The van der Waals surface area contributed by atoms with Gasteiger partial charge in [0.05, 0.1) is 16.7 Å². The van der Waals surface area contributed by atoms with Gasteiger partial charge >= 0.3 is 0 Å². The van der Waals surface area contributed by atoms with Crippen molar-refractivity contribution in [2.45, 2.75) is 0 Å². The van der Waals surface area contributed by atoms with E-state index in [2.05, 4.69) is 191 Å². The van der Waals surface area contributed by atoms with Crippen LogP contribution in [0.2, 0.25) is 0 Å². The maximum Gasteiger partial charge on any atom is 0.137 e. The molecule has 0 unspecified atom stereocenters. The van der Waals surface area contributed by atoms with E-state index < -0.39 is 0 Å². The molecule has 0 aliphatic carbocycles. The highest BCUT2D eigenvalue weighted by Gasteiger charge is 2.24. The molecule has 0 saturated carbocycles. The lowest BCUT2D eigenvalue weighted by Gasteiger charge is -2.28. The molecule has 3 heterocycles. The molecule has 4 heteroatoms. The van der Waals surface area contributed by atoms with E-state index in [1.54, 1.807) is 0 Å². The predicted octanol–water partition coefficient (Wildman–Crippen LogP) is 15.4. The van der Waals surface area contributed by atoms with E-state index in [0.29, 0.717) is 0 Å². The van der Waals surface area contributed by atoms with Crippen molar-refractivity contribution in [2.24, 2.45) is 0 Å². The zero-order valence-electron chi connectivity index (χ0n) is 31.3. The first-order chi connectivity index (χ1) is 28.7. The Morgan fingerprint density at radius 1 is 0.328 bits per heavy atom. The first kappa shape index (κ1) is 32.4. The highest BCUT2D eigenvalue weighted by molar-refractivity contribution is 6.14. The van der Waals surface area contributed by atoms with Crippen molar-refractivity contribution in [3.05, 3.63) is 206 Å². The molecule has 0 fully saturated rings. The molecule has 0 atom stereocenters. The Kier molecular flexibility index (Phi) is 7.20. The number of aromatic nitrogens is 1. The van der Waals surface area contributed by atoms with Crippen molar-refractivity contribution in [3.8, 4) is 27.9 Å². The van der Waals surface area contributed by atoms with Crippen LogP contribution >= 0.6 is 0 Å². The molecule has 3 aromatic heterocycles. The summed E-state index contributed by atoms with van der Waals surface area (Å²) >= 11 is 0. The lowest BCUT2D eigenvalue weighted by Crippen LogP contribution is -2.11. The van der Waals surface area contributed by atoms with Crippen LogP contribution < -0.4 is 4.90 Å². The van der Waals surface area contributed by atoms with Gasteiger partial charge in [-0.05, 0) is 95.6 Å². The topological polar surface area (TPSA) is 34.5 Å². The van der Waals surface area contributed by atoms with Gasteiger partial charge in [-0.2, -0.15) is 0 Å². The molecular formula is C54H34N2O2. The lowest BCUT2D eigenvalue weighted by atomic mass is 9.97. The molecule has 0 amide bonds. The van der Waals surface area contributed by atoms with Crippen molar-refractivity contribution < 1.29 is 8.83 Å². The van der Waals surface area contributed by atoms with Gasteiger partial charge < -0.3 is 18.3 Å². The van der Waals surface area contributed by atoms with Crippen molar-refractivity contribution >= 4 is 82.7 Å². The van der Waals surface area contributed by atoms with Crippen LogP contribution in [0, 0.1) is 0 Å². The van der Waals surface area contributed by atoms with Crippen molar-refractivity contribution in [3.63, 3.8) is 0 Å². The van der Waals surface area contributed by atoms with E-state index in [-0.39, 0.29) is 0 Å². The van der Waals surface area contributed by atoms with Gasteiger partial charge in [0.2, 0.25) is 0 Å². The highest BCUT2D eigenvalue weighted by Crippen LogP contribution is 2.47. The van der Waals surface area contributed by atoms with Crippen LogP contribution in [0.15, 0.2) is 215 Å². The van der Waals surface area contributed by atoms with E-state index in [9.17, 15) is 0 Å². The Hall–Kier alpha value is -7.82. The van der Waals surface area contributed by atoms with E-state index in [1.165, 1.54) is 16.3 Å². The number of nitrogens with zero attached hydrogens (tertiary/aromatic N) is 2. The first-order valence-electron chi connectivity index (χ1n) is 19.7. The summed E-state index contributed by atoms with van der Waals surface area (Å²) in [5, 5.41) is 6.78. The second-order valence-electron chi connectivity index (χ2n) is 14.9. The summed E-state index contributed by atoms with van der Waals surface area (Å²) in [6.45, 7) is 0. The van der Waals surface area contributed by atoms with Gasteiger partial charge in [-0.25, -0.2) is 0 Å². The van der Waals surface area contributed by atoms with Crippen molar-refractivity contribution in [2.75, 3.05) is 4.90 Å². The number of para-hydroxylation sites is 4. The number of fused-ring (bicyclic) bond motifs is 9. The summed E-state index contributed by atoms with van der Waals surface area (Å²) in [5.41, 5.74) is 14.5. The maximum atomic E-state index is 6.53. The van der Waals surface area contributed by atoms with Crippen LogP contribution in [0.1, 0.15) is 0 Å². The minimum Gasteiger partial charge on any atom is -0.456 e. The van der Waals surface area contributed by atoms with E-state index in [0.717, 1.165) is 94.4 Å². The largest absolute Gasteiger partial charge is 0.456 e. The smallest absolute Gasteiger partial charge is 0.137 e. The average molecular weight is 743 g/mol. The number of benzene rings is 9. The van der Waals surface area contributed by atoms with Crippen LogP contribution in [0.4, 0.5) is 17.1 Å². The van der Waals surface area contributed by atoms with E-state index >= 15 is 0 Å². The van der Waals surface area contributed by atoms with Crippen molar-refractivity contribution in [1.29, 1.82) is 0 Å². The van der Waals surface area contributed by atoms with E-state index in [4.69, 9.17) is 8.83 Å². The molecule has 58 heavy (non-hydrogen) atoms. The fourth-order valence-corrected chi connectivity index (χ4v) is 8.88. The normalized spacial score (nSPS) is 11.8. The molecule has 12 rings (SSSR count). The van der Waals surface area contributed by atoms with Gasteiger partial charge in [0.15, 0.2) is 0 Å². The number of hydrogen-bond donors (Lipinski definition) is 0. The van der Waals surface area contributed by atoms with Crippen LogP contribution in [-0.4, -0.2) is 4.57 Å². The van der Waals surface area contributed by atoms with Gasteiger partial charge in [-0.1, -0.05) is 121 Å². The molecule has 272 valence electrons. The molecule has 0 radical (unpaired) electrons. The quantitative estimate of drug-likeness (QED) is 0.170. The second kappa shape index (κ2) is 12.9. The zero-order valence-corrected chi connectivity index (χ0v) is 31.3. The third-order valence-corrected chi connectivity index (χ3v) is 11.6. The predicted molar refractivity (Wildman–Crippen MR) is 241 cm³/mol. The molecule has 12 aromatic rings. The minimum absolute atomic E-state index is 0.844. The van der Waals surface area contributed by atoms with Crippen molar-refractivity contribution in [1.82, 2.24) is 4.57 Å². The molecular weight excluding hydrogens is 709 g/mol. The summed E-state index contributed by atoms with van der Waals surface area (Å²) < 4.78 is 15.3. The number of furan rings is 2. The van der Waals surface area contributed by atoms with Gasteiger partial charge in [0.25, 0.3) is 0 Å². The SMILES string of the molecule is c1ccc(-c2ccc(N(c3ccc4c(c3)oc3ccccc34)c3cc4c(cc3-c3ccc5oc6ccccc6c5c3)c3ccccc3n4-c3ccccc3)cc2)cc1. The molecule has 4 nitrogen and oxygen atoms in total. The standard InChI is InChI=1S/C54H34N2O2/c1-3-13-35(14-4-1)36-23-26-39(27-24-36)55(40-28-29-44-42-18-8-11-21-51(42)58-54(44)32-40)49-34-50-46(41-17-7-10-20-48(41)56(50)38-15-5-2-6-16-38)33-45(49)37-25-30-53-47(31-37)43-19-9-12-22-52(43)57-53/h1-34H. The molecule has 0 N–H and O–H groups in total. The minimum atomic E-state index is 0.844. The number of hydrogen-bond acceptors (Lipinski definition) is 3. The zero-order chi connectivity index (χ0) is 38.2. The summed E-state index contributed by atoms with van der Waals surface area (Å²) in [6.07, 6.45) is 0. The fourth-order valence-electron chi connectivity index (χ4n) is 8.88. The van der Waals surface area contributed by atoms with Crippen LogP contribution in [0.25, 0.3) is 93.6 Å². The molecule has 0 spiro atoms. The summed E-state index contributed by atoms with van der Waals surface area (Å²) in [6, 6.07) is 73.4. The van der Waals surface area contributed by atoms with Gasteiger partial charge in [-0.15, -0.1) is 0 Å². The first-order valence-corrected chi connectivity index (χ1v) is 19.7. The monoisotopic (exact) mass is 742 g/mol. The van der Waals surface area contributed by atoms with Gasteiger partial charge in [-0.3, -0.25) is 0 Å². The molecule has 9 aromatic carbocycles. The third-order valence-electron chi connectivity index (χ3n) is 11.6. The maximum absolute atomic E-state index is 6.53. The summed E-state index contributed by atoms with van der Waals surface area (Å²) in [7, 11) is 0. The molecule has 0 saturated heterocycles. The van der Waals surface area contributed by atoms with Crippen LogP contribution in [-0.2, 0) is 0 Å². The summed E-state index contributed by atoms with van der Waals surface area (Å²) in [5.74, 6) is 0. The number of anilines is 3. The van der Waals surface area contributed by atoms with Crippen LogP contribution in [0.3, 0.4) is 0 Å². The Labute approximate surface area is 334 Å². The average Bonchev–Trinajstić information content (AvgIpc) is 3.96. The van der Waals surface area contributed by atoms with Gasteiger partial charge in [0.1, 0.15) is 22.3 Å². The molecule has 0 aliphatic heterocycles. The Morgan fingerprint density at radius 3 is 1.67 bits per heavy atom. The summed E-state index contributed by atoms with van der Waals surface area (Å²) in [4.78, 5) is 2.39. The Balaban J connectivity index is 1.18. The van der Waals surface area contributed by atoms with E-state index in [1.807, 2.05) is 24.3 Å². The number of rotatable bonds is 6. The van der Waals surface area contributed by atoms with Crippen LogP contribution in [0.5, 0.6) is 0 Å². The Morgan fingerprint density at radius 2 is 0.897 bits per heavy atom. The Bertz CT molecular complexity index is 3500. The third kappa shape index (κ3) is 5.09. The van der Waals surface area contributed by atoms with Gasteiger partial charge in [0, 0.05) is 61.0 Å².